The second-order valence-corrected chi connectivity index (χ2v) is 7.81. The Labute approximate surface area is 204 Å². The van der Waals surface area contributed by atoms with Crippen molar-refractivity contribution in [2.24, 2.45) is 0 Å². The molecule has 0 bridgehead atoms. The van der Waals surface area contributed by atoms with E-state index < -0.39 is 5.82 Å². The van der Waals surface area contributed by atoms with Gasteiger partial charge in [-0.1, -0.05) is 23.2 Å². The number of nitrogen functional groups attached to an aromatic ring is 2. The van der Waals surface area contributed by atoms with Crippen molar-refractivity contribution in [3.05, 3.63) is 64.8 Å². The SMILES string of the molecule is COc1cc(OC)c(Cl)c(Nc2ncccc2-c2cc(-c3cc(N)c(N)c(F)c3)ncn2)c1Cl. The standard InChI is InChI=1S/C23H19Cl2FN6O2/c1-33-17-9-18(34-2)20(25)22(19(17)24)32-23-12(4-3-5-29-23)16-8-15(30-10-31-16)11-6-13(26)21(28)14(27)7-11/h3-10H,27-28H2,1-2H3,(H,29,32). The van der Waals surface area contributed by atoms with Crippen LogP contribution in [0.4, 0.5) is 27.3 Å². The second kappa shape index (κ2) is 9.58. The summed E-state index contributed by atoms with van der Waals surface area (Å²) < 4.78 is 24.8. The van der Waals surface area contributed by atoms with Crippen LogP contribution in [0.3, 0.4) is 0 Å². The Hall–Kier alpha value is -3.82. The van der Waals surface area contributed by atoms with Crippen LogP contribution in [-0.2, 0) is 0 Å². The van der Waals surface area contributed by atoms with E-state index in [1.807, 2.05) is 0 Å². The van der Waals surface area contributed by atoms with E-state index in [4.69, 9.17) is 44.1 Å². The lowest BCUT2D eigenvalue weighted by molar-refractivity contribution is 0.395. The zero-order valence-corrected chi connectivity index (χ0v) is 19.6. The molecule has 2 aromatic carbocycles. The molecule has 4 aromatic rings. The van der Waals surface area contributed by atoms with Gasteiger partial charge in [0.25, 0.3) is 0 Å². The fourth-order valence-corrected chi connectivity index (χ4v) is 3.87. The number of hydrogen-bond acceptors (Lipinski definition) is 8. The van der Waals surface area contributed by atoms with E-state index >= 15 is 0 Å². The first-order valence-corrected chi connectivity index (χ1v) is 10.6. The highest BCUT2D eigenvalue weighted by Gasteiger charge is 2.20. The molecule has 0 aliphatic carbocycles. The van der Waals surface area contributed by atoms with Crippen LogP contribution in [0.2, 0.25) is 10.0 Å². The topological polar surface area (TPSA) is 121 Å². The van der Waals surface area contributed by atoms with E-state index in [9.17, 15) is 4.39 Å². The van der Waals surface area contributed by atoms with E-state index in [0.717, 1.165) is 0 Å². The van der Waals surface area contributed by atoms with E-state index in [-0.39, 0.29) is 21.4 Å². The Kier molecular flexibility index (Phi) is 6.58. The van der Waals surface area contributed by atoms with Gasteiger partial charge in [0, 0.05) is 23.4 Å². The average molecular weight is 501 g/mol. The molecule has 4 rings (SSSR count). The van der Waals surface area contributed by atoms with Gasteiger partial charge >= 0.3 is 0 Å². The molecule has 0 aliphatic rings. The molecule has 2 aromatic heterocycles. The van der Waals surface area contributed by atoms with Crippen LogP contribution in [0.1, 0.15) is 0 Å². The van der Waals surface area contributed by atoms with Gasteiger partial charge in [-0.25, -0.2) is 19.3 Å². The molecule has 0 saturated heterocycles. The Morgan fingerprint density at radius 3 is 2.24 bits per heavy atom. The number of pyridine rings is 1. The first-order valence-electron chi connectivity index (χ1n) is 9.83. The fraction of sp³-hybridized carbons (Fsp3) is 0.0870. The number of hydrogen-bond donors (Lipinski definition) is 3. The molecule has 0 atom stereocenters. The molecule has 0 amide bonds. The molecule has 11 heteroatoms. The molecule has 0 radical (unpaired) electrons. The normalized spacial score (nSPS) is 10.7. The maximum Gasteiger partial charge on any atom is 0.148 e. The van der Waals surface area contributed by atoms with Gasteiger partial charge in [0.15, 0.2) is 0 Å². The molecular weight excluding hydrogens is 482 g/mol. The highest BCUT2D eigenvalue weighted by Crippen LogP contribution is 2.45. The maximum absolute atomic E-state index is 14.1. The van der Waals surface area contributed by atoms with Crippen molar-refractivity contribution in [1.29, 1.82) is 0 Å². The van der Waals surface area contributed by atoms with Gasteiger partial charge < -0.3 is 26.3 Å². The number of nitrogens with zero attached hydrogens (tertiary/aromatic N) is 3. The van der Waals surface area contributed by atoms with Crippen LogP contribution >= 0.6 is 23.2 Å². The molecule has 0 saturated carbocycles. The van der Waals surface area contributed by atoms with E-state index in [1.54, 1.807) is 36.5 Å². The van der Waals surface area contributed by atoms with Crippen LogP contribution < -0.4 is 26.3 Å². The van der Waals surface area contributed by atoms with Crippen molar-refractivity contribution in [3.63, 3.8) is 0 Å². The van der Waals surface area contributed by atoms with Crippen LogP contribution in [-0.4, -0.2) is 29.2 Å². The van der Waals surface area contributed by atoms with Crippen LogP contribution in [0.5, 0.6) is 11.5 Å². The van der Waals surface area contributed by atoms with Crippen molar-refractivity contribution in [3.8, 4) is 34.0 Å². The summed E-state index contributed by atoms with van der Waals surface area (Å²) in [6, 6.07) is 9.64. The molecule has 5 N–H and O–H groups in total. The summed E-state index contributed by atoms with van der Waals surface area (Å²) in [5.74, 6) is 0.523. The molecule has 8 nitrogen and oxygen atoms in total. The number of methoxy groups -OCH3 is 2. The molecule has 0 unspecified atom stereocenters. The van der Waals surface area contributed by atoms with Gasteiger partial charge in [-0.2, -0.15) is 0 Å². The number of ether oxygens (including phenoxy) is 2. The van der Waals surface area contributed by atoms with E-state index in [0.29, 0.717) is 45.5 Å². The second-order valence-electron chi connectivity index (χ2n) is 7.06. The van der Waals surface area contributed by atoms with Crippen molar-refractivity contribution in [2.75, 3.05) is 31.0 Å². The molecule has 174 valence electrons. The van der Waals surface area contributed by atoms with Crippen LogP contribution in [0, 0.1) is 5.82 Å². The number of nitrogens with one attached hydrogen (secondary N) is 1. The number of halogens is 3. The fourth-order valence-electron chi connectivity index (χ4n) is 3.27. The van der Waals surface area contributed by atoms with Gasteiger partial charge in [0.1, 0.15) is 39.5 Å². The van der Waals surface area contributed by atoms with Crippen molar-refractivity contribution < 1.29 is 13.9 Å². The minimum atomic E-state index is -0.629. The highest BCUT2D eigenvalue weighted by atomic mass is 35.5. The summed E-state index contributed by atoms with van der Waals surface area (Å²) >= 11 is 13.0. The van der Waals surface area contributed by atoms with Gasteiger partial charge in [-0.05, 0) is 30.3 Å². The van der Waals surface area contributed by atoms with E-state index in [2.05, 4.69) is 20.3 Å². The molecule has 0 fully saturated rings. The van der Waals surface area contributed by atoms with Gasteiger partial charge in [0.05, 0.1) is 42.7 Å². The third kappa shape index (κ3) is 4.35. The van der Waals surface area contributed by atoms with Crippen molar-refractivity contribution >= 4 is 46.1 Å². The van der Waals surface area contributed by atoms with Gasteiger partial charge in [-0.15, -0.1) is 0 Å². The van der Waals surface area contributed by atoms with Crippen molar-refractivity contribution in [2.45, 2.75) is 0 Å². The van der Waals surface area contributed by atoms with E-state index in [1.165, 1.54) is 26.6 Å². The monoisotopic (exact) mass is 500 g/mol. The average Bonchev–Trinajstić information content (AvgIpc) is 2.85. The Bertz CT molecular complexity index is 1330. The third-order valence-electron chi connectivity index (χ3n) is 5.03. The van der Waals surface area contributed by atoms with Crippen LogP contribution in [0.15, 0.2) is 48.9 Å². The number of anilines is 4. The van der Waals surface area contributed by atoms with Gasteiger partial charge in [0.2, 0.25) is 0 Å². The van der Waals surface area contributed by atoms with Crippen LogP contribution in [0.25, 0.3) is 22.5 Å². The summed E-state index contributed by atoms with van der Waals surface area (Å²) in [7, 11) is 2.97. The summed E-state index contributed by atoms with van der Waals surface area (Å²) in [6.07, 6.45) is 2.96. The van der Waals surface area contributed by atoms with Crippen molar-refractivity contribution in [1.82, 2.24) is 15.0 Å². The number of nitrogens with two attached hydrogens (primary N) is 2. The molecule has 2 heterocycles. The number of aromatic nitrogens is 3. The third-order valence-corrected chi connectivity index (χ3v) is 5.78. The molecular formula is C23H19Cl2FN6O2. The first-order chi connectivity index (χ1) is 16.3. The largest absolute Gasteiger partial charge is 0.495 e. The molecule has 0 spiro atoms. The highest BCUT2D eigenvalue weighted by molar-refractivity contribution is 6.41. The predicted octanol–water partition coefficient (Wildman–Crippen LogP) is 5.58. The minimum absolute atomic E-state index is 0.112. The summed E-state index contributed by atoms with van der Waals surface area (Å²) in [5.41, 5.74) is 13.8. The lowest BCUT2D eigenvalue weighted by Crippen LogP contribution is -2.02. The van der Waals surface area contributed by atoms with Gasteiger partial charge in [-0.3, -0.25) is 0 Å². The lowest BCUT2D eigenvalue weighted by Gasteiger charge is -2.17. The minimum Gasteiger partial charge on any atom is -0.495 e. The lowest BCUT2D eigenvalue weighted by atomic mass is 10.1. The maximum atomic E-state index is 14.1. The molecule has 0 aliphatic heterocycles. The summed E-state index contributed by atoms with van der Waals surface area (Å²) in [5, 5.41) is 3.65. The smallest absolute Gasteiger partial charge is 0.148 e. The quantitative estimate of drug-likeness (QED) is 0.293. The summed E-state index contributed by atoms with van der Waals surface area (Å²) in [6.45, 7) is 0. The Balaban J connectivity index is 1.79. The zero-order chi connectivity index (χ0) is 24.4. The molecule has 34 heavy (non-hydrogen) atoms. The zero-order valence-electron chi connectivity index (χ0n) is 18.1. The number of benzene rings is 2. The predicted molar refractivity (Wildman–Crippen MR) is 132 cm³/mol. The summed E-state index contributed by atoms with van der Waals surface area (Å²) in [4.78, 5) is 13.0. The Morgan fingerprint density at radius 1 is 0.912 bits per heavy atom. The Morgan fingerprint density at radius 2 is 1.59 bits per heavy atom. The number of rotatable bonds is 6. The first kappa shape index (κ1) is 23.3.